The molecule has 0 heterocycles. The van der Waals surface area contributed by atoms with Gasteiger partial charge in [-0.1, -0.05) is 0 Å². The summed E-state index contributed by atoms with van der Waals surface area (Å²) in [4.78, 5) is 0. The molecule has 0 aliphatic heterocycles. The number of hydrogen-bond acceptors (Lipinski definition) is 5. The van der Waals surface area contributed by atoms with E-state index >= 15 is 0 Å². The molecule has 6 heavy (non-hydrogen) atoms. The SMILES string of the molecule is [Ca+2].[OH-].[OH-].[OH-].[OH-].[OH-]. The van der Waals surface area contributed by atoms with Gasteiger partial charge in [0.2, 0.25) is 0 Å². The van der Waals surface area contributed by atoms with Crippen molar-refractivity contribution in [3.05, 3.63) is 0 Å². The Morgan fingerprint density at radius 3 is 0.333 bits per heavy atom. The van der Waals surface area contributed by atoms with Crippen LogP contribution in [0.2, 0.25) is 0 Å². The predicted molar refractivity (Wildman–Crippen MR) is 15.4 cm³/mol. The van der Waals surface area contributed by atoms with Crippen LogP contribution in [0.25, 0.3) is 0 Å². The number of rotatable bonds is 0. The number of hydrogen-bond donors (Lipinski definition) is 0. The van der Waals surface area contributed by atoms with Crippen LogP contribution in [-0.2, 0) is 0 Å². The van der Waals surface area contributed by atoms with Crippen molar-refractivity contribution < 1.29 is 27.4 Å². The first-order valence-electron chi connectivity index (χ1n) is 0. The van der Waals surface area contributed by atoms with E-state index in [2.05, 4.69) is 0 Å². The zero-order valence-corrected chi connectivity index (χ0v) is 5.15. The van der Waals surface area contributed by atoms with Gasteiger partial charge in [-0.2, -0.15) is 0 Å². The zero-order chi connectivity index (χ0) is 0. The summed E-state index contributed by atoms with van der Waals surface area (Å²) in [7, 11) is 0. The predicted octanol–water partition coefficient (Wildman–Crippen LogP) is -1.26. The van der Waals surface area contributed by atoms with E-state index in [4.69, 9.17) is 0 Å². The Bertz CT molecular complexity index is 3.90. The molecule has 0 spiro atoms. The molecule has 0 aliphatic carbocycles. The third-order valence-electron chi connectivity index (χ3n) is 0. The van der Waals surface area contributed by atoms with Gasteiger partial charge in [0.25, 0.3) is 0 Å². The summed E-state index contributed by atoms with van der Waals surface area (Å²) in [5.41, 5.74) is 0. The fraction of sp³-hybridized carbons (Fsp3) is 0. The summed E-state index contributed by atoms with van der Waals surface area (Å²) in [6.45, 7) is 0. The van der Waals surface area contributed by atoms with Gasteiger partial charge in [-0.05, 0) is 0 Å². The molecule has 5 nitrogen and oxygen atoms in total. The second-order valence-corrected chi connectivity index (χ2v) is 0. The smallest absolute Gasteiger partial charge is 0.870 e. The van der Waals surface area contributed by atoms with Crippen LogP contribution < -0.4 is 0 Å². The average molecular weight is 125 g/mol. The third kappa shape index (κ3) is 74.3. The minimum atomic E-state index is 0. The van der Waals surface area contributed by atoms with Crippen LogP contribution in [0, 0.1) is 0 Å². The first kappa shape index (κ1) is 231. The summed E-state index contributed by atoms with van der Waals surface area (Å²) in [6, 6.07) is 0. The summed E-state index contributed by atoms with van der Waals surface area (Å²) < 4.78 is 0. The molecule has 5 N–H and O–H groups in total. The monoisotopic (exact) mass is 125 g/mol. The first-order chi connectivity index (χ1) is 0. The first-order valence-corrected chi connectivity index (χ1v) is 0. The molecular formula is H5CaO5-3. The Hall–Kier alpha value is 1.06. The molecule has 0 atom stereocenters. The van der Waals surface area contributed by atoms with Gasteiger partial charge in [0.15, 0.2) is 0 Å². The van der Waals surface area contributed by atoms with Crippen molar-refractivity contribution >= 4 is 37.7 Å². The normalized spacial score (nSPS) is 0. The Balaban J connectivity index is 0. The largest absolute Gasteiger partial charge is 2.00 e. The Morgan fingerprint density at radius 2 is 0.333 bits per heavy atom. The van der Waals surface area contributed by atoms with Crippen LogP contribution in [0.5, 0.6) is 0 Å². The summed E-state index contributed by atoms with van der Waals surface area (Å²) in [5, 5.41) is 0. The van der Waals surface area contributed by atoms with Gasteiger partial charge in [-0.3, -0.25) is 0 Å². The van der Waals surface area contributed by atoms with E-state index in [-0.39, 0.29) is 65.1 Å². The summed E-state index contributed by atoms with van der Waals surface area (Å²) in [5.74, 6) is 0. The molecule has 40 valence electrons. The quantitative estimate of drug-likeness (QED) is 0.370. The molecule has 0 aliphatic rings. The van der Waals surface area contributed by atoms with Crippen molar-refractivity contribution in [2.24, 2.45) is 0 Å². The fourth-order valence-electron chi connectivity index (χ4n) is 0. The van der Waals surface area contributed by atoms with Gasteiger partial charge in [0.05, 0.1) is 0 Å². The molecule has 0 unspecified atom stereocenters. The van der Waals surface area contributed by atoms with Gasteiger partial charge in [0.1, 0.15) is 0 Å². The molecular weight excluding hydrogens is 120 g/mol. The van der Waals surface area contributed by atoms with Gasteiger partial charge in [0, 0.05) is 0 Å². The van der Waals surface area contributed by atoms with Crippen LogP contribution in [-0.4, -0.2) is 65.1 Å². The van der Waals surface area contributed by atoms with Crippen molar-refractivity contribution in [1.29, 1.82) is 0 Å². The molecule has 0 radical (unpaired) electrons. The van der Waals surface area contributed by atoms with Gasteiger partial charge < -0.3 is 27.4 Å². The molecule has 0 aromatic carbocycles. The molecule has 0 saturated carbocycles. The van der Waals surface area contributed by atoms with E-state index in [1.807, 2.05) is 0 Å². The Morgan fingerprint density at radius 1 is 0.333 bits per heavy atom. The zero-order valence-electron chi connectivity index (χ0n) is 2.94. The molecule has 0 aromatic rings. The molecule has 0 fully saturated rings. The molecule has 0 rings (SSSR count). The molecule has 6 heteroatoms. The van der Waals surface area contributed by atoms with Gasteiger partial charge >= 0.3 is 37.7 Å². The van der Waals surface area contributed by atoms with E-state index in [1.165, 1.54) is 0 Å². The second-order valence-electron chi connectivity index (χ2n) is 0. The summed E-state index contributed by atoms with van der Waals surface area (Å²) in [6.07, 6.45) is 0. The minimum Gasteiger partial charge on any atom is -0.870 e. The van der Waals surface area contributed by atoms with Gasteiger partial charge in [-0.15, -0.1) is 0 Å². The van der Waals surface area contributed by atoms with Crippen LogP contribution in [0.3, 0.4) is 0 Å². The third-order valence-corrected chi connectivity index (χ3v) is 0. The maximum Gasteiger partial charge on any atom is 2.00 e. The Labute approximate surface area is 64.9 Å². The van der Waals surface area contributed by atoms with Crippen molar-refractivity contribution in [2.45, 2.75) is 0 Å². The topological polar surface area (TPSA) is 150 Å². The standard InChI is InChI=1S/Ca.5H2O/h;5*1H2/q+2;;;;;/p-5. The van der Waals surface area contributed by atoms with Gasteiger partial charge in [-0.25, -0.2) is 0 Å². The van der Waals surface area contributed by atoms with E-state index in [1.54, 1.807) is 0 Å². The van der Waals surface area contributed by atoms with Crippen molar-refractivity contribution in [3.8, 4) is 0 Å². The maximum absolute atomic E-state index is 0. The average Bonchev–Trinajstić information content (AvgIpc) is 0. The van der Waals surface area contributed by atoms with Crippen LogP contribution >= 0.6 is 0 Å². The molecule has 0 bridgehead atoms. The maximum atomic E-state index is 0. The van der Waals surface area contributed by atoms with E-state index < -0.39 is 0 Å². The molecule has 0 saturated heterocycles. The second kappa shape index (κ2) is 138. The van der Waals surface area contributed by atoms with Crippen LogP contribution in [0.15, 0.2) is 0 Å². The van der Waals surface area contributed by atoms with Crippen LogP contribution in [0.1, 0.15) is 0 Å². The van der Waals surface area contributed by atoms with Crippen molar-refractivity contribution in [3.63, 3.8) is 0 Å². The van der Waals surface area contributed by atoms with E-state index in [9.17, 15) is 0 Å². The molecule has 0 amide bonds. The summed E-state index contributed by atoms with van der Waals surface area (Å²) >= 11 is 0. The minimum absolute atomic E-state index is 0. The Kier molecular flexibility index (Phi) is 5310. The van der Waals surface area contributed by atoms with E-state index in [0.717, 1.165) is 0 Å². The molecule has 0 aromatic heterocycles. The van der Waals surface area contributed by atoms with Crippen LogP contribution in [0.4, 0.5) is 0 Å². The van der Waals surface area contributed by atoms with Crippen molar-refractivity contribution in [1.82, 2.24) is 0 Å². The van der Waals surface area contributed by atoms with E-state index in [0.29, 0.717) is 0 Å². The van der Waals surface area contributed by atoms with Crippen molar-refractivity contribution in [2.75, 3.05) is 0 Å². The fourth-order valence-corrected chi connectivity index (χ4v) is 0.